The maximum Gasteiger partial charge on any atom is 0.105 e. The fourth-order valence-corrected chi connectivity index (χ4v) is 2.37. The second kappa shape index (κ2) is 5.02. The van der Waals surface area contributed by atoms with Gasteiger partial charge in [-0.15, -0.1) is 0 Å². The Bertz CT molecular complexity index is 385. The molecular formula is C16H24O2. The zero-order valence-electron chi connectivity index (χ0n) is 11.8. The summed E-state index contributed by atoms with van der Waals surface area (Å²) in [6.07, 6.45) is 1.80. The van der Waals surface area contributed by atoms with Crippen LogP contribution >= 0.6 is 0 Å². The summed E-state index contributed by atoms with van der Waals surface area (Å²) in [7, 11) is 1.69. The smallest absolute Gasteiger partial charge is 0.105 e. The first kappa shape index (κ1) is 13.6. The van der Waals surface area contributed by atoms with Gasteiger partial charge in [-0.3, -0.25) is 0 Å². The minimum atomic E-state index is -0.503. The third-order valence-electron chi connectivity index (χ3n) is 3.79. The number of hydrogen-bond donors (Lipinski definition) is 1. The van der Waals surface area contributed by atoms with Crippen molar-refractivity contribution in [3.63, 3.8) is 0 Å². The van der Waals surface area contributed by atoms with Crippen molar-refractivity contribution in [2.45, 2.75) is 51.2 Å². The van der Waals surface area contributed by atoms with E-state index in [1.54, 1.807) is 7.11 Å². The van der Waals surface area contributed by atoms with Crippen molar-refractivity contribution in [3.05, 3.63) is 35.4 Å². The molecule has 1 fully saturated rings. The van der Waals surface area contributed by atoms with E-state index in [1.807, 2.05) is 12.1 Å². The highest BCUT2D eigenvalue weighted by Crippen LogP contribution is 2.39. The number of benzene rings is 1. The van der Waals surface area contributed by atoms with Crippen LogP contribution in [0, 0.1) is 5.92 Å². The standard InChI is InChI=1S/C16H24O2/c1-16(2,3)13-9-7-11(8-10-13)14(17)15(18-4)12-5-6-12/h7-10,12,14-15,17H,5-6H2,1-4H3. The van der Waals surface area contributed by atoms with Crippen molar-refractivity contribution in [1.82, 2.24) is 0 Å². The molecule has 2 nitrogen and oxygen atoms in total. The Morgan fingerprint density at radius 3 is 2.11 bits per heavy atom. The van der Waals surface area contributed by atoms with Gasteiger partial charge < -0.3 is 9.84 Å². The summed E-state index contributed by atoms with van der Waals surface area (Å²) in [5.74, 6) is 0.535. The molecule has 0 heterocycles. The molecule has 0 aliphatic heterocycles. The van der Waals surface area contributed by atoms with E-state index in [9.17, 15) is 5.11 Å². The summed E-state index contributed by atoms with van der Waals surface area (Å²) >= 11 is 0. The first-order chi connectivity index (χ1) is 8.43. The topological polar surface area (TPSA) is 29.5 Å². The van der Waals surface area contributed by atoms with Crippen LogP contribution in [0.5, 0.6) is 0 Å². The largest absolute Gasteiger partial charge is 0.386 e. The van der Waals surface area contributed by atoms with Crippen molar-refractivity contribution in [3.8, 4) is 0 Å². The second-order valence-corrected chi connectivity index (χ2v) is 6.35. The van der Waals surface area contributed by atoms with Crippen molar-refractivity contribution < 1.29 is 9.84 Å². The van der Waals surface area contributed by atoms with E-state index in [-0.39, 0.29) is 11.5 Å². The third-order valence-corrected chi connectivity index (χ3v) is 3.79. The van der Waals surface area contributed by atoms with Crippen LogP contribution in [-0.4, -0.2) is 18.3 Å². The Kier molecular flexibility index (Phi) is 3.79. The average molecular weight is 248 g/mol. The molecular weight excluding hydrogens is 224 g/mol. The van der Waals surface area contributed by atoms with E-state index in [4.69, 9.17) is 4.74 Å². The molecule has 1 aromatic carbocycles. The lowest BCUT2D eigenvalue weighted by Gasteiger charge is -2.23. The van der Waals surface area contributed by atoms with Gasteiger partial charge in [0.05, 0.1) is 6.10 Å². The number of ether oxygens (including phenoxy) is 1. The van der Waals surface area contributed by atoms with Gasteiger partial charge in [-0.05, 0) is 35.3 Å². The van der Waals surface area contributed by atoms with Gasteiger partial charge in [-0.25, -0.2) is 0 Å². The van der Waals surface area contributed by atoms with E-state index in [0.29, 0.717) is 5.92 Å². The molecule has 100 valence electrons. The van der Waals surface area contributed by atoms with Crippen LogP contribution in [0.15, 0.2) is 24.3 Å². The number of aliphatic hydroxyl groups is 1. The normalized spacial score (nSPS) is 19.6. The summed E-state index contributed by atoms with van der Waals surface area (Å²) in [5, 5.41) is 10.4. The lowest BCUT2D eigenvalue weighted by atomic mass is 9.86. The molecule has 2 unspecified atom stereocenters. The van der Waals surface area contributed by atoms with Gasteiger partial charge in [0.15, 0.2) is 0 Å². The first-order valence-corrected chi connectivity index (χ1v) is 6.75. The van der Waals surface area contributed by atoms with E-state index in [2.05, 4.69) is 32.9 Å². The average Bonchev–Trinajstić information content (AvgIpc) is 3.13. The Balaban J connectivity index is 2.13. The van der Waals surface area contributed by atoms with Gasteiger partial charge in [0, 0.05) is 7.11 Å². The van der Waals surface area contributed by atoms with Crippen molar-refractivity contribution in [2.24, 2.45) is 5.92 Å². The molecule has 1 N–H and O–H groups in total. The summed E-state index contributed by atoms with van der Waals surface area (Å²) in [4.78, 5) is 0. The fraction of sp³-hybridized carbons (Fsp3) is 0.625. The molecule has 0 saturated heterocycles. The first-order valence-electron chi connectivity index (χ1n) is 6.75. The number of rotatable bonds is 4. The number of aliphatic hydroxyl groups excluding tert-OH is 1. The summed E-state index contributed by atoms with van der Waals surface area (Å²) in [5.41, 5.74) is 2.40. The third kappa shape index (κ3) is 2.93. The van der Waals surface area contributed by atoms with E-state index in [1.165, 1.54) is 18.4 Å². The van der Waals surface area contributed by atoms with Gasteiger partial charge in [0.2, 0.25) is 0 Å². The highest BCUT2D eigenvalue weighted by atomic mass is 16.5. The van der Waals surface area contributed by atoms with Crippen LogP contribution in [0.1, 0.15) is 50.8 Å². The quantitative estimate of drug-likeness (QED) is 0.884. The highest BCUT2D eigenvalue weighted by molar-refractivity contribution is 5.29. The molecule has 1 aromatic rings. The number of hydrogen-bond acceptors (Lipinski definition) is 2. The molecule has 2 atom stereocenters. The van der Waals surface area contributed by atoms with Crippen LogP contribution in [0.3, 0.4) is 0 Å². The molecule has 1 aliphatic carbocycles. The van der Waals surface area contributed by atoms with Crippen molar-refractivity contribution >= 4 is 0 Å². The maximum absolute atomic E-state index is 10.4. The Morgan fingerprint density at radius 1 is 1.17 bits per heavy atom. The van der Waals surface area contributed by atoms with Crippen LogP contribution in [0.25, 0.3) is 0 Å². The summed E-state index contributed by atoms with van der Waals surface area (Å²) in [6, 6.07) is 8.27. The van der Waals surface area contributed by atoms with E-state index in [0.717, 1.165) is 5.56 Å². The fourth-order valence-electron chi connectivity index (χ4n) is 2.37. The van der Waals surface area contributed by atoms with Gasteiger partial charge in [0.1, 0.15) is 6.10 Å². The number of methoxy groups -OCH3 is 1. The molecule has 2 rings (SSSR count). The Labute approximate surface area is 110 Å². The Hall–Kier alpha value is -0.860. The molecule has 18 heavy (non-hydrogen) atoms. The molecule has 0 bridgehead atoms. The van der Waals surface area contributed by atoms with Gasteiger partial charge in [-0.1, -0.05) is 45.0 Å². The minimum absolute atomic E-state index is 0.0505. The zero-order chi connectivity index (χ0) is 13.3. The predicted molar refractivity (Wildman–Crippen MR) is 73.6 cm³/mol. The van der Waals surface area contributed by atoms with Crippen molar-refractivity contribution in [2.75, 3.05) is 7.11 Å². The lowest BCUT2D eigenvalue weighted by Crippen LogP contribution is -2.23. The van der Waals surface area contributed by atoms with Crippen LogP contribution < -0.4 is 0 Å². The monoisotopic (exact) mass is 248 g/mol. The Morgan fingerprint density at radius 2 is 1.72 bits per heavy atom. The molecule has 0 amide bonds. The lowest BCUT2D eigenvalue weighted by molar-refractivity contribution is -0.0259. The summed E-state index contributed by atoms with van der Waals surface area (Å²) in [6.45, 7) is 6.59. The SMILES string of the molecule is COC(C1CC1)C(O)c1ccc(C(C)(C)C)cc1. The maximum atomic E-state index is 10.4. The summed E-state index contributed by atoms with van der Waals surface area (Å²) < 4.78 is 5.44. The van der Waals surface area contributed by atoms with E-state index < -0.39 is 6.10 Å². The molecule has 0 spiro atoms. The van der Waals surface area contributed by atoms with Crippen LogP contribution in [0.2, 0.25) is 0 Å². The van der Waals surface area contributed by atoms with Crippen LogP contribution in [-0.2, 0) is 10.2 Å². The van der Waals surface area contributed by atoms with Gasteiger partial charge in [-0.2, -0.15) is 0 Å². The second-order valence-electron chi connectivity index (χ2n) is 6.35. The predicted octanol–water partition coefficient (Wildman–Crippen LogP) is 3.44. The van der Waals surface area contributed by atoms with Gasteiger partial charge >= 0.3 is 0 Å². The zero-order valence-corrected chi connectivity index (χ0v) is 11.8. The highest BCUT2D eigenvalue weighted by Gasteiger charge is 2.36. The molecule has 0 aromatic heterocycles. The van der Waals surface area contributed by atoms with Crippen LogP contribution in [0.4, 0.5) is 0 Å². The van der Waals surface area contributed by atoms with E-state index >= 15 is 0 Å². The molecule has 2 heteroatoms. The van der Waals surface area contributed by atoms with Crippen molar-refractivity contribution in [1.29, 1.82) is 0 Å². The molecule has 1 aliphatic rings. The van der Waals surface area contributed by atoms with Gasteiger partial charge in [0.25, 0.3) is 0 Å². The molecule has 0 radical (unpaired) electrons. The molecule has 1 saturated carbocycles. The minimum Gasteiger partial charge on any atom is -0.386 e.